The van der Waals surface area contributed by atoms with Gasteiger partial charge in [0, 0.05) is 12.0 Å². The minimum atomic E-state index is -0.861. The van der Waals surface area contributed by atoms with Crippen LogP contribution in [-0.4, -0.2) is 17.2 Å². The summed E-state index contributed by atoms with van der Waals surface area (Å²) in [5.74, 6) is 1.85. The van der Waals surface area contributed by atoms with Gasteiger partial charge in [-0.25, -0.2) is 0 Å². The number of aliphatic hydroxyl groups excluding tert-OH is 1. The van der Waals surface area contributed by atoms with Gasteiger partial charge in [0.05, 0.1) is 0 Å². The maximum atomic E-state index is 12.5. The average Bonchev–Trinajstić information content (AvgIpc) is 2.41. The quantitative estimate of drug-likeness (QED) is 0.844. The number of carbonyl (C=O) groups excluding carboxylic acids is 1. The Morgan fingerprint density at radius 3 is 2.90 bits per heavy atom. The van der Waals surface area contributed by atoms with Crippen LogP contribution in [-0.2, 0) is 5.41 Å². The highest BCUT2D eigenvalue weighted by molar-refractivity contribution is 5.99. The Hall–Kier alpha value is -1.35. The van der Waals surface area contributed by atoms with Crippen LogP contribution in [0.5, 0.6) is 5.75 Å². The van der Waals surface area contributed by atoms with E-state index in [9.17, 15) is 9.90 Å². The summed E-state index contributed by atoms with van der Waals surface area (Å²) in [6.07, 6.45) is 3.39. The van der Waals surface area contributed by atoms with E-state index in [4.69, 9.17) is 4.74 Å². The van der Waals surface area contributed by atoms with E-state index in [2.05, 4.69) is 13.8 Å². The van der Waals surface area contributed by atoms with Crippen LogP contribution in [0.4, 0.5) is 0 Å². The van der Waals surface area contributed by atoms with E-state index in [1.807, 2.05) is 18.2 Å². The molecule has 0 aromatic heterocycles. The van der Waals surface area contributed by atoms with Crippen LogP contribution in [0, 0.1) is 11.8 Å². The molecule has 0 heterocycles. The summed E-state index contributed by atoms with van der Waals surface area (Å²) < 4.78 is 5.32. The summed E-state index contributed by atoms with van der Waals surface area (Å²) in [4.78, 5) is 12.5. The lowest BCUT2D eigenvalue weighted by Gasteiger charge is -2.49. The summed E-state index contributed by atoms with van der Waals surface area (Å²) in [5.41, 5.74) is 2.07. The molecule has 0 aliphatic heterocycles. The molecule has 2 aliphatic rings. The molecule has 0 amide bonds. The third kappa shape index (κ3) is 2.38. The van der Waals surface area contributed by atoms with Crippen LogP contribution < -0.4 is 4.74 Å². The van der Waals surface area contributed by atoms with E-state index in [-0.39, 0.29) is 11.2 Å². The van der Waals surface area contributed by atoms with Crippen LogP contribution in [0.2, 0.25) is 0 Å². The molecule has 4 atom stereocenters. The molecule has 3 rings (SSSR count). The number of hydrogen-bond donors (Lipinski definition) is 1. The first kappa shape index (κ1) is 14.6. The standard InChI is InChI=1S/C18H24O3/c1-11-5-4-8-18(3)15-7-6-13(21-12(2)19)9-14(15)17(20)10-16(11)18/h6-7,9,11-12,16,19H,4-5,8,10H2,1-3H3/t11-,12?,16?,18+/m0/s1. The van der Waals surface area contributed by atoms with Gasteiger partial charge in [-0.3, -0.25) is 4.79 Å². The van der Waals surface area contributed by atoms with Gasteiger partial charge in [0.2, 0.25) is 0 Å². The predicted molar refractivity (Wildman–Crippen MR) is 81.6 cm³/mol. The molecule has 114 valence electrons. The van der Waals surface area contributed by atoms with Crippen LogP contribution in [0.3, 0.4) is 0 Å². The highest BCUT2D eigenvalue weighted by atomic mass is 16.6. The smallest absolute Gasteiger partial charge is 0.194 e. The lowest BCUT2D eigenvalue weighted by Crippen LogP contribution is -2.45. The fourth-order valence-corrected chi connectivity index (χ4v) is 4.40. The zero-order valence-electron chi connectivity index (χ0n) is 13.1. The summed E-state index contributed by atoms with van der Waals surface area (Å²) in [6, 6.07) is 5.73. The van der Waals surface area contributed by atoms with E-state index in [0.29, 0.717) is 24.0 Å². The second-order valence-corrected chi connectivity index (χ2v) is 6.95. The molecular formula is C18H24O3. The number of fused-ring (bicyclic) bond motifs is 3. The second-order valence-electron chi connectivity index (χ2n) is 6.95. The lowest BCUT2D eigenvalue weighted by molar-refractivity contribution is -0.000480. The molecule has 1 aromatic rings. The SMILES string of the molecule is CC(O)Oc1ccc2c(c1)C(=O)CC1[C@@H](C)CCC[C@]21C. The van der Waals surface area contributed by atoms with Crippen LogP contribution in [0.25, 0.3) is 0 Å². The second kappa shape index (κ2) is 5.13. The number of aliphatic hydroxyl groups is 1. The number of ether oxygens (including phenoxy) is 1. The van der Waals surface area contributed by atoms with E-state index in [1.54, 1.807) is 6.92 Å². The molecule has 0 bridgehead atoms. The first-order valence-corrected chi connectivity index (χ1v) is 7.94. The Kier molecular flexibility index (Phi) is 3.56. The maximum Gasteiger partial charge on any atom is 0.194 e. The normalized spacial score (nSPS) is 33.0. The first-order valence-electron chi connectivity index (χ1n) is 7.94. The Morgan fingerprint density at radius 1 is 1.43 bits per heavy atom. The van der Waals surface area contributed by atoms with Gasteiger partial charge in [-0.1, -0.05) is 32.8 Å². The van der Waals surface area contributed by atoms with Gasteiger partial charge in [0.1, 0.15) is 5.75 Å². The first-order chi connectivity index (χ1) is 9.91. The topological polar surface area (TPSA) is 46.5 Å². The molecular weight excluding hydrogens is 264 g/mol. The lowest BCUT2D eigenvalue weighted by atomic mass is 9.55. The molecule has 0 radical (unpaired) electrons. The van der Waals surface area contributed by atoms with Crippen molar-refractivity contribution < 1.29 is 14.6 Å². The van der Waals surface area contributed by atoms with Crippen LogP contribution in [0.1, 0.15) is 62.4 Å². The van der Waals surface area contributed by atoms with E-state index < -0.39 is 6.29 Å². The monoisotopic (exact) mass is 288 g/mol. The summed E-state index contributed by atoms with van der Waals surface area (Å²) >= 11 is 0. The van der Waals surface area contributed by atoms with E-state index >= 15 is 0 Å². The van der Waals surface area contributed by atoms with Crippen molar-refractivity contribution in [1.82, 2.24) is 0 Å². The fourth-order valence-electron chi connectivity index (χ4n) is 4.40. The van der Waals surface area contributed by atoms with Crippen molar-refractivity contribution in [2.45, 2.75) is 58.2 Å². The van der Waals surface area contributed by atoms with Crippen molar-refractivity contribution in [3.8, 4) is 5.75 Å². The molecule has 3 nitrogen and oxygen atoms in total. The van der Waals surface area contributed by atoms with Gasteiger partial charge >= 0.3 is 0 Å². The number of carbonyl (C=O) groups is 1. The van der Waals surface area contributed by atoms with Crippen LogP contribution >= 0.6 is 0 Å². The molecule has 1 fully saturated rings. The zero-order valence-corrected chi connectivity index (χ0v) is 13.1. The van der Waals surface area contributed by atoms with Crippen molar-refractivity contribution in [3.05, 3.63) is 29.3 Å². The largest absolute Gasteiger partial charge is 0.465 e. The average molecular weight is 288 g/mol. The molecule has 0 saturated heterocycles. The van der Waals surface area contributed by atoms with Gasteiger partial charge in [-0.2, -0.15) is 0 Å². The van der Waals surface area contributed by atoms with Gasteiger partial charge in [0.25, 0.3) is 0 Å². The van der Waals surface area contributed by atoms with Crippen molar-refractivity contribution in [3.63, 3.8) is 0 Å². The van der Waals surface area contributed by atoms with Crippen LogP contribution in [0.15, 0.2) is 18.2 Å². The Morgan fingerprint density at radius 2 is 2.19 bits per heavy atom. The van der Waals surface area contributed by atoms with Gasteiger partial charge in [0.15, 0.2) is 12.1 Å². The highest BCUT2D eigenvalue weighted by Gasteiger charge is 2.47. The zero-order chi connectivity index (χ0) is 15.2. The fraction of sp³-hybridized carbons (Fsp3) is 0.611. The maximum absolute atomic E-state index is 12.5. The number of hydrogen-bond acceptors (Lipinski definition) is 3. The van der Waals surface area contributed by atoms with Gasteiger partial charge in [-0.05, 0) is 48.3 Å². The summed E-state index contributed by atoms with van der Waals surface area (Å²) in [6.45, 7) is 6.17. The predicted octanol–water partition coefficient (Wildman–Crippen LogP) is 3.68. The minimum absolute atomic E-state index is 0.101. The molecule has 3 heteroatoms. The third-order valence-corrected chi connectivity index (χ3v) is 5.48. The molecule has 0 spiro atoms. The van der Waals surface area contributed by atoms with E-state index in [0.717, 1.165) is 12.0 Å². The van der Waals surface area contributed by atoms with E-state index in [1.165, 1.54) is 18.4 Å². The summed E-state index contributed by atoms with van der Waals surface area (Å²) in [7, 11) is 0. The minimum Gasteiger partial charge on any atom is -0.465 e. The Labute approximate surface area is 126 Å². The number of rotatable bonds is 2. The molecule has 2 unspecified atom stereocenters. The van der Waals surface area contributed by atoms with Crippen molar-refractivity contribution in [2.75, 3.05) is 0 Å². The number of benzene rings is 1. The Balaban J connectivity index is 2.04. The molecule has 1 N–H and O–H groups in total. The molecule has 2 aliphatic carbocycles. The van der Waals surface area contributed by atoms with Crippen molar-refractivity contribution >= 4 is 5.78 Å². The third-order valence-electron chi connectivity index (χ3n) is 5.48. The number of Topliss-reactive ketones (excluding diaryl/α,β-unsaturated/α-hetero) is 1. The highest BCUT2D eigenvalue weighted by Crippen LogP contribution is 2.52. The summed E-state index contributed by atoms with van der Waals surface area (Å²) in [5, 5.41) is 9.34. The van der Waals surface area contributed by atoms with Crippen molar-refractivity contribution in [2.24, 2.45) is 11.8 Å². The molecule has 1 aromatic carbocycles. The van der Waals surface area contributed by atoms with Crippen molar-refractivity contribution in [1.29, 1.82) is 0 Å². The van der Waals surface area contributed by atoms with Gasteiger partial charge < -0.3 is 9.84 Å². The molecule has 21 heavy (non-hydrogen) atoms. The number of ketones is 1. The Bertz CT molecular complexity index is 564. The molecule has 1 saturated carbocycles. The van der Waals surface area contributed by atoms with Gasteiger partial charge in [-0.15, -0.1) is 0 Å².